The summed E-state index contributed by atoms with van der Waals surface area (Å²) in [5.74, 6) is -0.307. The molecule has 0 N–H and O–H groups in total. The molecular weight excluding hydrogens is 463 g/mol. The number of pyridine rings is 1. The van der Waals surface area contributed by atoms with Gasteiger partial charge in [0.25, 0.3) is 6.43 Å². The number of nitrogens with zero attached hydrogens (tertiary/aromatic N) is 6. The van der Waals surface area contributed by atoms with Gasteiger partial charge in [0, 0.05) is 18.2 Å². The van der Waals surface area contributed by atoms with Crippen molar-refractivity contribution in [3.05, 3.63) is 48.0 Å². The lowest BCUT2D eigenvalue weighted by Gasteiger charge is -2.33. The van der Waals surface area contributed by atoms with E-state index < -0.39 is 31.1 Å². The van der Waals surface area contributed by atoms with E-state index in [1.165, 1.54) is 41.1 Å². The van der Waals surface area contributed by atoms with Crippen LogP contribution in [0.1, 0.15) is 30.1 Å². The van der Waals surface area contributed by atoms with Crippen LogP contribution in [-0.2, 0) is 11.3 Å². The Bertz CT molecular complexity index is 1360. The minimum Gasteiger partial charge on any atom is -0.463 e. The number of furan rings is 1. The zero-order valence-corrected chi connectivity index (χ0v) is 17.6. The molecule has 0 spiro atoms. The van der Waals surface area contributed by atoms with Crippen molar-refractivity contribution >= 4 is 22.8 Å². The van der Waals surface area contributed by atoms with Gasteiger partial charge in [-0.05, 0) is 31.5 Å². The monoisotopic (exact) mass is 480 g/mol. The SMILES string of the molecule is Cc1nn(CC(=O)N2CCC(C(F)(F)F)n3nccc32)c2nc(-c3ccco3)cc(C(F)F)c12. The summed E-state index contributed by atoms with van der Waals surface area (Å²) in [6.07, 6.45) is -5.13. The molecule has 13 heteroatoms. The fourth-order valence-electron chi connectivity index (χ4n) is 4.24. The summed E-state index contributed by atoms with van der Waals surface area (Å²) in [6.45, 7) is 0.928. The highest BCUT2D eigenvalue weighted by Gasteiger charge is 2.45. The molecule has 1 atom stereocenters. The van der Waals surface area contributed by atoms with Gasteiger partial charge >= 0.3 is 6.18 Å². The van der Waals surface area contributed by atoms with Crippen LogP contribution in [-0.4, -0.2) is 43.2 Å². The fourth-order valence-corrected chi connectivity index (χ4v) is 4.24. The van der Waals surface area contributed by atoms with Crippen molar-refractivity contribution in [3.8, 4) is 11.5 Å². The number of aromatic nitrogens is 5. The molecule has 0 aliphatic carbocycles. The average molecular weight is 480 g/mol. The lowest BCUT2D eigenvalue weighted by atomic mass is 10.1. The molecule has 5 heterocycles. The molecular formula is C21H17F5N6O2. The Hall–Kier alpha value is -3.77. The highest BCUT2D eigenvalue weighted by Crippen LogP contribution is 2.39. The van der Waals surface area contributed by atoms with Crippen LogP contribution in [0.4, 0.5) is 27.8 Å². The summed E-state index contributed by atoms with van der Waals surface area (Å²) >= 11 is 0. The van der Waals surface area contributed by atoms with Gasteiger partial charge in [0.2, 0.25) is 5.91 Å². The van der Waals surface area contributed by atoms with Gasteiger partial charge in [-0.25, -0.2) is 23.1 Å². The lowest BCUT2D eigenvalue weighted by Crippen LogP contribution is -2.44. The molecule has 8 nitrogen and oxygen atoms in total. The predicted molar refractivity (Wildman–Crippen MR) is 109 cm³/mol. The van der Waals surface area contributed by atoms with Crippen LogP contribution in [0, 0.1) is 6.92 Å². The molecule has 0 saturated heterocycles. The first-order valence-corrected chi connectivity index (χ1v) is 10.3. The third-order valence-electron chi connectivity index (χ3n) is 5.73. The van der Waals surface area contributed by atoms with E-state index in [-0.39, 0.29) is 52.5 Å². The van der Waals surface area contributed by atoms with Gasteiger partial charge in [-0.2, -0.15) is 23.4 Å². The molecule has 34 heavy (non-hydrogen) atoms. The molecule has 0 radical (unpaired) electrons. The van der Waals surface area contributed by atoms with Crippen LogP contribution in [0.15, 0.2) is 41.1 Å². The molecule has 4 aromatic heterocycles. The van der Waals surface area contributed by atoms with E-state index in [1.54, 1.807) is 12.1 Å². The summed E-state index contributed by atoms with van der Waals surface area (Å²) in [5.41, 5.74) is 0.133. The van der Waals surface area contributed by atoms with Gasteiger partial charge in [-0.1, -0.05) is 0 Å². The van der Waals surface area contributed by atoms with Gasteiger partial charge in [0.15, 0.2) is 17.4 Å². The Labute approximate surface area is 188 Å². The number of alkyl halides is 5. The van der Waals surface area contributed by atoms with Crippen LogP contribution in [0.25, 0.3) is 22.5 Å². The van der Waals surface area contributed by atoms with Crippen molar-refractivity contribution in [2.75, 3.05) is 11.4 Å². The van der Waals surface area contributed by atoms with Crippen LogP contribution < -0.4 is 4.90 Å². The quantitative estimate of drug-likeness (QED) is 0.397. The zero-order valence-electron chi connectivity index (χ0n) is 17.6. The Balaban J connectivity index is 1.53. The van der Waals surface area contributed by atoms with E-state index in [1.807, 2.05) is 0 Å². The Morgan fingerprint density at radius 3 is 2.76 bits per heavy atom. The number of fused-ring (bicyclic) bond motifs is 2. The number of hydrogen-bond donors (Lipinski definition) is 0. The molecule has 1 aliphatic rings. The van der Waals surface area contributed by atoms with Crippen LogP contribution in [0.3, 0.4) is 0 Å². The molecule has 4 aromatic rings. The van der Waals surface area contributed by atoms with Crippen LogP contribution in [0.2, 0.25) is 0 Å². The van der Waals surface area contributed by atoms with E-state index in [0.717, 1.165) is 4.68 Å². The summed E-state index contributed by atoms with van der Waals surface area (Å²) < 4.78 is 75.0. The first kappa shape index (κ1) is 22.0. The molecule has 0 saturated carbocycles. The van der Waals surface area contributed by atoms with E-state index in [0.29, 0.717) is 0 Å². The minimum atomic E-state index is -4.51. The van der Waals surface area contributed by atoms with Gasteiger partial charge in [0.05, 0.1) is 23.5 Å². The Morgan fingerprint density at radius 1 is 1.29 bits per heavy atom. The number of carbonyl (C=O) groups excluding carboxylic acids is 1. The van der Waals surface area contributed by atoms with Crippen LogP contribution >= 0.6 is 0 Å². The summed E-state index contributed by atoms with van der Waals surface area (Å²) in [7, 11) is 0. The molecule has 178 valence electrons. The Kier molecular flexibility index (Phi) is 5.14. The molecule has 1 unspecified atom stereocenters. The minimum absolute atomic E-state index is 0.00395. The maximum absolute atomic E-state index is 13.9. The lowest BCUT2D eigenvalue weighted by molar-refractivity contribution is -0.173. The molecule has 1 amide bonds. The second-order valence-electron chi connectivity index (χ2n) is 7.84. The van der Waals surface area contributed by atoms with Gasteiger partial charge in [0.1, 0.15) is 18.1 Å². The zero-order chi connectivity index (χ0) is 24.2. The maximum Gasteiger partial charge on any atom is 0.410 e. The first-order chi connectivity index (χ1) is 16.1. The van der Waals surface area contributed by atoms with E-state index >= 15 is 0 Å². The maximum atomic E-state index is 13.9. The number of amides is 1. The van der Waals surface area contributed by atoms with Gasteiger partial charge in [-0.15, -0.1) is 0 Å². The fraction of sp³-hybridized carbons (Fsp3) is 0.333. The predicted octanol–water partition coefficient (Wildman–Crippen LogP) is 4.67. The van der Waals surface area contributed by atoms with Crippen molar-refractivity contribution in [1.29, 1.82) is 0 Å². The molecule has 1 aliphatic heterocycles. The molecule has 5 rings (SSSR count). The molecule has 0 bridgehead atoms. The summed E-state index contributed by atoms with van der Waals surface area (Å²) in [5, 5.41) is 8.08. The highest BCUT2D eigenvalue weighted by molar-refractivity contribution is 5.94. The van der Waals surface area contributed by atoms with Gasteiger partial charge < -0.3 is 4.42 Å². The smallest absolute Gasteiger partial charge is 0.410 e. The average Bonchev–Trinajstić information content (AvgIpc) is 3.52. The van der Waals surface area contributed by atoms with E-state index in [2.05, 4.69) is 15.2 Å². The standard InChI is InChI=1S/C21H17F5N6O2/c1-11-18-12(19(22)23)9-13(14-3-2-8-34-14)28-20(18)31(29-11)10-17(33)30-7-5-15(21(24,25)26)32-16(30)4-6-27-32/h2-4,6,8-9,15,19H,5,7,10H2,1H3. The second-order valence-corrected chi connectivity index (χ2v) is 7.84. The summed E-state index contributed by atoms with van der Waals surface area (Å²) in [4.78, 5) is 18.7. The van der Waals surface area contributed by atoms with Crippen molar-refractivity contribution in [2.45, 2.75) is 38.5 Å². The first-order valence-electron chi connectivity index (χ1n) is 10.3. The van der Waals surface area contributed by atoms with E-state index in [4.69, 9.17) is 4.42 Å². The third kappa shape index (κ3) is 3.60. The van der Waals surface area contributed by atoms with Crippen molar-refractivity contribution < 1.29 is 31.2 Å². The third-order valence-corrected chi connectivity index (χ3v) is 5.73. The number of carbonyl (C=O) groups is 1. The van der Waals surface area contributed by atoms with Crippen molar-refractivity contribution in [2.24, 2.45) is 0 Å². The molecule has 0 fully saturated rings. The number of aryl methyl sites for hydroxylation is 1. The van der Waals surface area contributed by atoms with Crippen LogP contribution in [0.5, 0.6) is 0 Å². The number of hydrogen-bond acceptors (Lipinski definition) is 5. The largest absolute Gasteiger partial charge is 0.463 e. The normalized spacial score (nSPS) is 16.4. The van der Waals surface area contributed by atoms with Crippen molar-refractivity contribution in [1.82, 2.24) is 24.5 Å². The number of anilines is 1. The highest BCUT2D eigenvalue weighted by atomic mass is 19.4. The topological polar surface area (TPSA) is 82.0 Å². The van der Waals surface area contributed by atoms with Crippen molar-refractivity contribution in [3.63, 3.8) is 0 Å². The molecule has 0 aromatic carbocycles. The Morgan fingerprint density at radius 2 is 2.09 bits per heavy atom. The van der Waals surface area contributed by atoms with E-state index in [9.17, 15) is 26.7 Å². The summed E-state index contributed by atoms with van der Waals surface area (Å²) in [6, 6.07) is 3.86. The van der Waals surface area contributed by atoms with Gasteiger partial charge in [-0.3, -0.25) is 9.69 Å². The second kappa shape index (κ2) is 7.92. The number of halogens is 5. The number of rotatable bonds is 4.